The Morgan fingerprint density at radius 2 is 2.19 bits per heavy atom. The van der Waals surface area contributed by atoms with Gasteiger partial charge in [0.2, 0.25) is 0 Å². The monoisotopic (exact) mass is 438 g/mol. The van der Waals surface area contributed by atoms with Gasteiger partial charge in [0.1, 0.15) is 16.9 Å². The Kier molecular flexibility index (Phi) is 5.32. The molecule has 146 valence electrons. The average molecular weight is 439 g/mol. The number of halogens is 1. The van der Waals surface area contributed by atoms with Crippen molar-refractivity contribution in [2.45, 2.75) is 45.3 Å². The van der Waals surface area contributed by atoms with Gasteiger partial charge in [-0.2, -0.15) is 0 Å². The van der Waals surface area contributed by atoms with Gasteiger partial charge in [-0.05, 0) is 55.6 Å². The number of carbonyl (C=O) groups excluding carboxylic acids is 1. The van der Waals surface area contributed by atoms with Gasteiger partial charge in [0.05, 0.1) is 10.2 Å². The van der Waals surface area contributed by atoms with Crippen LogP contribution < -0.4 is 10.2 Å². The lowest BCUT2D eigenvalue weighted by atomic mass is 10.0. The Morgan fingerprint density at radius 1 is 1.44 bits per heavy atom. The maximum Gasteiger partial charge on any atom is 0.407 e. The van der Waals surface area contributed by atoms with Crippen LogP contribution >= 0.6 is 15.9 Å². The molecule has 27 heavy (non-hydrogen) atoms. The van der Waals surface area contributed by atoms with Crippen molar-refractivity contribution in [2.75, 3.05) is 18.0 Å². The number of aromatic carboxylic acids is 1. The van der Waals surface area contributed by atoms with Crippen molar-refractivity contribution < 1.29 is 19.4 Å². The normalized spacial score (nSPS) is 17.8. The fourth-order valence-electron chi connectivity index (χ4n) is 3.25. The van der Waals surface area contributed by atoms with E-state index in [0.717, 1.165) is 34.9 Å². The van der Waals surface area contributed by atoms with E-state index in [1.54, 1.807) is 12.3 Å². The Morgan fingerprint density at radius 3 is 2.85 bits per heavy atom. The van der Waals surface area contributed by atoms with Crippen LogP contribution in [0.1, 0.15) is 44.1 Å². The number of fused-ring (bicyclic) bond motifs is 1. The molecule has 3 heterocycles. The Labute approximate surface area is 165 Å². The summed E-state index contributed by atoms with van der Waals surface area (Å²) in [5.41, 5.74) is 0.946. The number of carbonyl (C=O) groups is 2. The summed E-state index contributed by atoms with van der Waals surface area (Å²) >= 11 is 3.53. The van der Waals surface area contributed by atoms with Crippen molar-refractivity contribution in [3.05, 3.63) is 22.4 Å². The molecule has 2 aromatic rings. The highest BCUT2D eigenvalue weighted by Gasteiger charge is 2.27. The number of alkyl carbamates (subject to hydrolysis) is 1. The molecule has 1 aliphatic heterocycles. The predicted molar refractivity (Wildman–Crippen MR) is 105 cm³/mol. The third kappa shape index (κ3) is 4.52. The number of hydrogen-bond donors (Lipinski definition) is 3. The highest BCUT2D eigenvalue weighted by atomic mass is 79.9. The number of hydrogen-bond acceptors (Lipinski definition) is 5. The number of H-pyrrole nitrogens is 1. The van der Waals surface area contributed by atoms with Crippen LogP contribution in [0.4, 0.5) is 10.5 Å². The molecule has 1 amide bonds. The van der Waals surface area contributed by atoms with Crippen LogP contribution in [0.2, 0.25) is 0 Å². The van der Waals surface area contributed by atoms with Gasteiger partial charge in [-0.25, -0.2) is 14.6 Å². The van der Waals surface area contributed by atoms with Gasteiger partial charge in [0.15, 0.2) is 0 Å². The minimum atomic E-state index is -1.03. The van der Waals surface area contributed by atoms with Crippen LogP contribution in [0, 0.1) is 0 Å². The number of pyridine rings is 1. The molecule has 1 saturated heterocycles. The zero-order chi connectivity index (χ0) is 19.8. The second-order valence-electron chi connectivity index (χ2n) is 7.64. The van der Waals surface area contributed by atoms with E-state index >= 15 is 0 Å². The van der Waals surface area contributed by atoms with Gasteiger partial charge in [0.25, 0.3) is 0 Å². The highest BCUT2D eigenvalue weighted by Crippen LogP contribution is 2.35. The second kappa shape index (κ2) is 7.38. The predicted octanol–water partition coefficient (Wildman–Crippen LogP) is 3.52. The van der Waals surface area contributed by atoms with Crippen molar-refractivity contribution in [2.24, 2.45) is 0 Å². The SMILES string of the molecule is CC(C)(C)OC(=O)N[C@@H]1CCCN(c2c(Br)cnc3[nH]c(C(=O)O)cc23)C1. The topological polar surface area (TPSA) is 108 Å². The Bertz CT molecular complexity index is 874. The molecular weight excluding hydrogens is 416 g/mol. The summed E-state index contributed by atoms with van der Waals surface area (Å²) in [5, 5.41) is 12.9. The molecule has 0 bridgehead atoms. The van der Waals surface area contributed by atoms with Crippen LogP contribution in [-0.4, -0.2) is 51.9 Å². The summed E-state index contributed by atoms with van der Waals surface area (Å²) in [7, 11) is 0. The third-order valence-corrected chi connectivity index (χ3v) is 4.85. The molecule has 0 aromatic carbocycles. The van der Waals surface area contributed by atoms with Crippen molar-refractivity contribution in [1.82, 2.24) is 15.3 Å². The zero-order valence-electron chi connectivity index (χ0n) is 15.5. The lowest BCUT2D eigenvalue weighted by Crippen LogP contribution is -2.49. The van der Waals surface area contributed by atoms with Crippen molar-refractivity contribution in [3.63, 3.8) is 0 Å². The number of rotatable bonds is 3. The summed E-state index contributed by atoms with van der Waals surface area (Å²) in [5.74, 6) is -1.03. The van der Waals surface area contributed by atoms with Crippen molar-refractivity contribution in [1.29, 1.82) is 0 Å². The first-order chi connectivity index (χ1) is 12.6. The molecule has 3 rings (SSSR count). The molecule has 0 radical (unpaired) electrons. The minimum absolute atomic E-state index is 0.0541. The number of anilines is 1. The largest absolute Gasteiger partial charge is 0.477 e. The lowest BCUT2D eigenvalue weighted by Gasteiger charge is -2.35. The van der Waals surface area contributed by atoms with Crippen molar-refractivity contribution >= 4 is 44.7 Å². The van der Waals surface area contributed by atoms with Gasteiger partial charge in [-0.3, -0.25) is 0 Å². The van der Waals surface area contributed by atoms with Crippen LogP contribution in [0.15, 0.2) is 16.7 Å². The standard InChI is InChI=1S/C18H23BrN4O4/c1-18(2,3)27-17(26)21-10-5-4-6-23(9-10)14-11-7-13(16(24)25)22-15(11)20-8-12(14)19/h7-8,10H,4-6,9H2,1-3H3,(H,20,22)(H,21,26)(H,24,25)/t10-/m1/s1. The maximum absolute atomic E-state index is 12.1. The molecule has 0 spiro atoms. The molecule has 1 aliphatic rings. The number of ether oxygens (including phenoxy) is 1. The Balaban J connectivity index is 1.82. The molecule has 3 N–H and O–H groups in total. The van der Waals surface area contributed by atoms with Gasteiger partial charge in [-0.1, -0.05) is 0 Å². The van der Waals surface area contributed by atoms with E-state index in [1.807, 2.05) is 20.8 Å². The van der Waals surface area contributed by atoms with E-state index in [1.165, 1.54) is 0 Å². The fourth-order valence-corrected chi connectivity index (χ4v) is 3.81. The van der Waals surface area contributed by atoms with Gasteiger partial charge >= 0.3 is 12.1 Å². The molecule has 2 aromatic heterocycles. The fraction of sp³-hybridized carbons (Fsp3) is 0.500. The van der Waals surface area contributed by atoms with Crippen molar-refractivity contribution in [3.8, 4) is 0 Å². The van der Waals surface area contributed by atoms with Gasteiger partial charge in [-0.15, -0.1) is 0 Å². The number of nitrogens with zero attached hydrogens (tertiary/aromatic N) is 2. The quantitative estimate of drug-likeness (QED) is 0.676. The first kappa shape index (κ1) is 19.5. The number of aromatic amines is 1. The number of carboxylic acid groups (broad SMARTS) is 1. The number of piperidine rings is 1. The molecule has 9 heteroatoms. The summed E-state index contributed by atoms with van der Waals surface area (Å²) in [6.45, 7) is 6.89. The number of nitrogens with one attached hydrogen (secondary N) is 2. The summed E-state index contributed by atoms with van der Waals surface area (Å²) in [6.07, 6.45) is 2.98. The van der Waals surface area contributed by atoms with E-state index in [4.69, 9.17) is 4.74 Å². The molecule has 0 aliphatic carbocycles. The van der Waals surface area contributed by atoms with E-state index in [2.05, 4.69) is 36.1 Å². The van der Waals surface area contributed by atoms with Crippen LogP contribution in [-0.2, 0) is 4.74 Å². The highest BCUT2D eigenvalue weighted by molar-refractivity contribution is 9.10. The number of aromatic nitrogens is 2. The van der Waals surface area contributed by atoms with Crippen LogP contribution in [0.3, 0.4) is 0 Å². The summed E-state index contributed by atoms with van der Waals surface area (Å²) in [4.78, 5) is 32.6. The average Bonchev–Trinajstić information content (AvgIpc) is 2.97. The maximum atomic E-state index is 12.1. The molecule has 1 atom stereocenters. The second-order valence-corrected chi connectivity index (χ2v) is 8.49. The molecule has 0 unspecified atom stereocenters. The minimum Gasteiger partial charge on any atom is -0.477 e. The molecule has 0 saturated carbocycles. The molecule has 8 nitrogen and oxygen atoms in total. The van der Waals surface area contributed by atoms with E-state index in [9.17, 15) is 14.7 Å². The molecule has 1 fully saturated rings. The van der Waals surface area contributed by atoms with E-state index in [-0.39, 0.29) is 11.7 Å². The number of amides is 1. The van der Waals surface area contributed by atoms with Crippen LogP contribution in [0.5, 0.6) is 0 Å². The third-order valence-electron chi connectivity index (χ3n) is 4.27. The summed E-state index contributed by atoms with van der Waals surface area (Å²) < 4.78 is 6.13. The van der Waals surface area contributed by atoms with E-state index < -0.39 is 17.7 Å². The zero-order valence-corrected chi connectivity index (χ0v) is 17.1. The summed E-state index contributed by atoms with van der Waals surface area (Å²) in [6, 6.07) is 1.54. The molecular formula is C18H23BrN4O4. The Hall–Kier alpha value is -2.29. The first-order valence-electron chi connectivity index (χ1n) is 8.79. The first-order valence-corrected chi connectivity index (χ1v) is 9.58. The van der Waals surface area contributed by atoms with Gasteiger partial charge < -0.3 is 25.0 Å². The van der Waals surface area contributed by atoms with E-state index in [0.29, 0.717) is 12.2 Å². The smallest absolute Gasteiger partial charge is 0.407 e. The van der Waals surface area contributed by atoms with Gasteiger partial charge in [0, 0.05) is 30.7 Å². The lowest BCUT2D eigenvalue weighted by molar-refractivity contribution is 0.0499. The van der Waals surface area contributed by atoms with Crippen LogP contribution in [0.25, 0.3) is 11.0 Å². The number of carboxylic acids is 1.